The minimum Gasteiger partial charge on any atom is -0.493 e. The van der Waals surface area contributed by atoms with Crippen molar-refractivity contribution >= 4 is 5.91 Å². The Hall–Kier alpha value is -2.29. The summed E-state index contributed by atoms with van der Waals surface area (Å²) in [6.07, 6.45) is 2.07. The second-order valence-electron chi connectivity index (χ2n) is 7.36. The molecule has 3 heteroatoms. The van der Waals surface area contributed by atoms with Crippen molar-refractivity contribution in [1.82, 2.24) is 5.32 Å². The SMILES string of the molecule is CC(C)COc1ccc(-c2ccc([C@H](C)NC(=O)C3CC3)cc2)cc1. The van der Waals surface area contributed by atoms with E-state index < -0.39 is 0 Å². The topological polar surface area (TPSA) is 38.3 Å². The molecule has 1 atom stereocenters. The van der Waals surface area contributed by atoms with Gasteiger partial charge in [0, 0.05) is 5.92 Å². The van der Waals surface area contributed by atoms with Crippen LogP contribution in [0.15, 0.2) is 48.5 Å². The summed E-state index contributed by atoms with van der Waals surface area (Å²) in [4.78, 5) is 11.9. The lowest BCUT2D eigenvalue weighted by Crippen LogP contribution is -2.27. The van der Waals surface area contributed by atoms with Crippen LogP contribution in [-0.2, 0) is 4.79 Å². The van der Waals surface area contributed by atoms with Gasteiger partial charge >= 0.3 is 0 Å². The minimum atomic E-state index is 0.0500. The van der Waals surface area contributed by atoms with Crippen molar-refractivity contribution in [2.45, 2.75) is 39.7 Å². The first-order chi connectivity index (χ1) is 12.0. The summed E-state index contributed by atoms with van der Waals surface area (Å²) >= 11 is 0. The van der Waals surface area contributed by atoms with Crippen LogP contribution in [0, 0.1) is 11.8 Å². The zero-order chi connectivity index (χ0) is 17.8. The zero-order valence-corrected chi connectivity index (χ0v) is 15.3. The molecule has 2 aromatic rings. The van der Waals surface area contributed by atoms with E-state index in [0.29, 0.717) is 5.92 Å². The van der Waals surface area contributed by atoms with Gasteiger partial charge in [-0.3, -0.25) is 4.79 Å². The monoisotopic (exact) mass is 337 g/mol. The predicted molar refractivity (Wildman–Crippen MR) is 101 cm³/mol. The molecule has 0 aromatic heterocycles. The number of carbonyl (C=O) groups is 1. The summed E-state index contributed by atoms with van der Waals surface area (Å²) in [7, 11) is 0. The first kappa shape index (κ1) is 17.5. The van der Waals surface area contributed by atoms with Crippen molar-refractivity contribution in [3.63, 3.8) is 0 Å². The highest BCUT2D eigenvalue weighted by atomic mass is 16.5. The number of benzene rings is 2. The molecule has 1 aliphatic rings. The van der Waals surface area contributed by atoms with Crippen LogP contribution in [0.3, 0.4) is 0 Å². The molecule has 132 valence electrons. The van der Waals surface area contributed by atoms with Gasteiger partial charge < -0.3 is 10.1 Å². The molecule has 3 nitrogen and oxygen atoms in total. The van der Waals surface area contributed by atoms with Crippen molar-refractivity contribution < 1.29 is 9.53 Å². The largest absolute Gasteiger partial charge is 0.493 e. The van der Waals surface area contributed by atoms with E-state index in [1.807, 2.05) is 19.1 Å². The highest BCUT2D eigenvalue weighted by Crippen LogP contribution is 2.30. The van der Waals surface area contributed by atoms with Gasteiger partial charge in [0.05, 0.1) is 12.6 Å². The van der Waals surface area contributed by atoms with E-state index in [1.165, 1.54) is 5.56 Å². The van der Waals surface area contributed by atoms with Crippen molar-refractivity contribution in [2.24, 2.45) is 11.8 Å². The normalized spacial score (nSPS) is 15.0. The van der Waals surface area contributed by atoms with Crippen LogP contribution in [0.5, 0.6) is 5.75 Å². The second-order valence-corrected chi connectivity index (χ2v) is 7.36. The molecule has 1 fully saturated rings. The number of hydrogen-bond donors (Lipinski definition) is 1. The summed E-state index contributed by atoms with van der Waals surface area (Å²) in [5.74, 6) is 1.87. The molecule has 2 aromatic carbocycles. The lowest BCUT2D eigenvalue weighted by molar-refractivity contribution is -0.122. The maximum atomic E-state index is 11.9. The van der Waals surface area contributed by atoms with E-state index in [1.54, 1.807) is 0 Å². The molecule has 0 heterocycles. The smallest absolute Gasteiger partial charge is 0.223 e. The van der Waals surface area contributed by atoms with Gasteiger partial charge in [-0.15, -0.1) is 0 Å². The van der Waals surface area contributed by atoms with Gasteiger partial charge in [0.1, 0.15) is 5.75 Å². The van der Waals surface area contributed by atoms with Crippen LogP contribution in [0.25, 0.3) is 11.1 Å². The van der Waals surface area contributed by atoms with E-state index in [9.17, 15) is 4.79 Å². The van der Waals surface area contributed by atoms with Gasteiger partial charge in [0.15, 0.2) is 0 Å². The van der Waals surface area contributed by atoms with Crippen LogP contribution in [0.4, 0.5) is 0 Å². The standard InChI is InChI=1S/C22H27NO2/c1-15(2)14-25-21-12-10-19(11-13-21)18-6-4-17(5-7-18)16(3)23-22(24)20-8-9-20/h4-7,10-13,15-16,20H,8-9,14H2,1-3H3,(H,23,24)/t16-/m0/s1. The molecule has 1 N–H and O–H groups in total. The average Bonchev–Trinajstić information content (AvgIpc) is 3.45. The Kier molecular flexibility index (Phi) is 5.42. The molecule has 0 radical (unpaired) electrons. The van der Waals surface area contributed by atoms with Crippen LogP contribution in [0.2, 0.25) is 0 Å². The Morgan fingerprint density at radius 2 is 1.56 bits per heavy atom. The van der Waals surface area contributed by atoms with Crippen LogP contribution >= 0.6 is 0 Å². The number of nitrogens with one attached hydrogen (secondary N) is 1. The number of amides is 1. The van der Waals surface area contributed by atoms with E-state index in [2.05, 4.69) is 55.6 Å². The first-order valence-corrected chi connectivity index (χ1v) is 9.16. The Balaban J connectivity index is 1.62. The Bertz CT molecular complexity index is 700. The molecule has 3 rings (SSSR count). The van der Waals surface area contributed by atoms with Crippen LogP contribution in [-0.4, -0.2) is 12.5 Å². The zero-order valence-electron chi connectivity index (χ0n) is 15.3. The molecule has 25 heavy (non-hydrogen) atoms. The van der Waals surface area contributed by atoms with Gasteiger partial charge in [-0.25, -0.2) is 0 Å². The second kappa shape index (κ2) is 7.73. The van der Waals surface area contributed by atoms with Crippen molar-refractivity contribution in [1.29, 1.82) is 0 Å². The molecule has 1 aliphatic carbocycles. The third kappa shape index (κ3) is 4.85. The average molecular weight is 337 g/mol. The molecule has 0 bridgehead atoms. The number of carbonyl (C=O) groups excluding carboxylic acids is 1. The third-order valence-electron chi connectivity index (χ3n) is 4.49. The number of rotatable bonds is 7. The number of hydrogen-bond acceptors (Lipinski definition) is 2. The fraction of sp³-hybridized carbons (Fsp3) is 0.409. The lowest BCUT2D eigenvalue weighted by atomic mass is 10.0. The molecule has 0 unspecified atom stereocenters. The van der Waals surface area contributed by atoms with E-state index in [-0.39, 0.29) is 17.9 Å². The van der Waals surface area contributed by atoms with Crippen LogP contribution in [0.1, 0.15) is 45.2 Å². The maximum Gasteiger partial charge on any atom is 0.223 e. The van der Waals surface area contributed by atoms with Crippen molar-refractivity contribution in [3.05, 3.63) is 54.1 Å². The predicted octanol–water partition coefficient (Wildman–Crippen LogP) is 4.98. The Labute approximate surface area is 150 Å². The van der Waals surface area contributed by atoms with Gasteiger partial charge in [-0.05, 0) is 54.5 Å². The molecule has 1 saturated carbocycles. The van der Waals surface area contributed by atoms with Gasteiger partial charge in [0.25, 0.3) is 0 Å². The number of ether oxygens (including phenoxy) is 1. The highest BCUT2D eigenvalue weighted by molar-refractivity contribution is 5.81. The Morgan fingerprint density at radius 1 is 1.00 bits per heavy atom. The molecule has 1 amide bonds. The lowest BCUT2D eigenvalue weighted by Gasteiger charge is -2.15. The Morgan fingerprint density at radius 3 is 2.08 bits per heavy atom. The van der Waals surface area contributed by atoms with E-state index in [4.69, 9.17) is 4.74 Å². The molecular formula is C22H27NO2. The fourth-order valence-electron chi connectivity index (χ4n) is 2.73. The third-order valence-corrected chi connectivity index (χ3v) is 4.49. The van der Waals surface area contributed by atoms with Gasteiger partial charge in [0.2, 0.25) is 5.91 Å². The van der Waals surface area contributed by atoms with Gasteiger partial charge in [-0.2, -0.15) is 0 Å². The molecule has 0 saturated heterocycles. The van der Waals surface area contributed by atoms with Crippen LogP contribution < -0.4 is 10.1 Å². The quantitative estimate of drug-likeness (QED) is 0.774. The summed E-state index contributed by atoms with van der Waals surface area (Å²) in [6, 6.07) is 16.7. The molecular weight excluding hydrogens is 310 g/mol. The van der Waals surface area contributed by atoms with Crippen molar-refractivity contribution in [3.8, 4) is 16.9 Å². The van der Waals surface area contributed by atoms with Crippen molar-refractivity contribution in [2.75, 3.05) is 6.61 Å². The molecule has 0 spiro atoms. The summed E-state index contributed by atoms with van der Waals surface area (Å²) in [5, 5.41) is 3.09. The summed E-state index contributed by atoms with van der Waals surface area (Å²) in [5.41, 5.74) is 3.47. The molecule has 0 aliphatic heterocycles. The summed E-state index contributed by atoms with van der Waals surface area (Å²) < 4.78 is 5.73. The van der Waals surface area contributed by atoms with E-state index in [0.717, 1.165) is 36.3 Å². The fourth-order valence-corrected chi connectivity index (χ4v) is 2.73. The van der Waals surface area contributed by atoms with E-state index >= 15 is 0 Å². The van der Waals surface area contributed by atoms with Gasteiger partial charge in [-0.1, -0.05) is 50.2 Å². The maximum absolute atomic E-state index is 11.9. The first-order valence-electron chi connectivity index (χ1n) is 9.16. The summed E-state index contributed by atoms with van der Waals surface area (Å²) in [6.45, 7) is 7.06. The minimum absolute atomic E-state index is 0.0500. The highest BCUT2D eigenvalue weighted by Gasteiger charge is 2.30.